The Morgan fingerprint density at radius 3 is 2.21 bits per heavy atom. The Balaban J connectivity index is 2.57. The molecule has 0 aromatic heterocycles. The number of Topliss-reactive ketones (excluding diaryl/α,β-unsaturated/α-hetero) is 1. The van der Waals surface area contributed by atoms with Gasteiger partial charge in [0.25, 0.3) is 0 Å². The highest BCUT2D eigenvalue weighted by Crippen LogP contribution is 2.59. The molecule has 0 radical (unpaired) electrons. The molecular formula is C27H40FO5P. The van der Waals surface area contributed by atoms with E-state index in [1.807, 2.05) is 12.1 Å². The zero-order valence-electron chi connectivity index (χ0n) is 21.2. The summed E-state index contributed by atoms with van der Waals surface area (Å²) in [6.07, 6.45) is 4.58. The summed E-state index contributed by atoms with van der Waals surface area (Å²) in [6, 6.07) is 5.17. The molecule has 0 saturated heterocycles. The molecule has 0 spiro atoms. The van der Waals surface area contributed by atoms with Gasteiger partial charge in [-0.25, -0.2) is 4.39 Å². The van der Waals surface area contributed by atoms with Crippen molar-refractivity contribution in [3.8, 4) is 0 Å². The molecule has 0 bridgehead atoms. The number of rotatable bonds is 12. The smallest absolute Gasteiger partial charge is 0.310 e. The molecule has 1 aliphatic rings. The second-order valence-electron chi connectivity index (χ2n) is 10.1. The van der Waals surface area contributed by atoms with Crippen molar-refractivity contribution in [3.05, 3.63) is 40.7 Å². The van der Waals surface area contributed by atoms with Gasteiger partial charge in [0.1, 0.15) is 12.2 Å². The Hall–Kier alpha value is -1.78. The van der Waals surface area contributed by atoms with Gasteiger partial charge in [-0.05, 0) is 78.7 Å². The quantitative estimate of drug-likeness (QED) is 0.241. The zero-order valence-corrected chi connectivity index (χ0v) is 22.1. The second kappa shape index (κ2) is 11.3. The van der Waals surface area contributed by atoms with Crippen molar-refractivity contribution in [2.75, 3.05) is 12.3 Å². The molecule has 2 N–H and O–H groups in total. The van der Waals surface area contributed by atoms with E-state index >= 15 is 0 Å². The number of carbonyl (C=O) groups excluding carboxylic acids is 1. The molecule has 1 aromatic carbocycles. The second-order valence-corrected chi connectivity index (χ2v) is 12.5. The van der Waals surface area contributed by atoms with Crippen LogP contribution in [0.3, 0.4) is 0 Å². The number of carboxylic acid groups (broad SMARTS) is 1. The molecule has 0 amide bonds. The number of aryl methyl sites for hydroxylation is 1. The van der Waals surface area contributed by atoms with Crippen molar-refractivity contribution in [2.24, 2.45) is 10.8 Å². The predicted octanol–water partition coefficient (Wildman–Crippen LogP) is 7.00. The summed E-state index contributed by atoms with van der Waals surface area (Å²) in [5, 5.41) is 8.82. The summed E-state index contributed by atoms with van der Waals surface area (Å²) >= 11 is 0. The van der Waals surface area contributed by atoms with Gasteiger partial charge >= 0.3 is 5.97 Å². The first-order chi connectivity index (χ1) is 15.9. The SMILES string of the molecule is CCC1(CC)CC(c2ccc(F)c(C)c2)=C(CCP(=O)(O)CC(=O)CC(=O)O)C(CC)(CC)C1. The number of ketones is 1. The topological polar surface area (TPSA) is 91.7 Å². The maximum atomic E-state index is 14.1. The average Bonchev–Trinajstić information content (AvgIpc) is 2.78. The molecular weight excluding hydrogens is 454 g/mol. The largest absolute Gasteiger partial charge is 0.481 e. The fourth-order valence-electron chi connectivity index (χ4n) is 5.76. The van der Waals surface area contributed by atoms with Crippen LogP contribution in [0.1, 0.15) is 90.2 Å². The number of benzene rings is 1. The molecule has 2 rings (SSSR count). The minimum absolute atomic E-state index is 0.0651. The minimum atomic E-state index is -3.84. The van der Waals surface area contributed by atoms with Gasteiger partial charge < -0.3 is 10.00 Å². The first-order valence-electron chi connectivity index (χ1n) is 12.4. The van der Waals surface area contributed by atoms with Crippen LogP contribution in [0.25, 0.3) is 5.57 Å². The number of carboxylic acids is 1. The lowest BCUT2D eigenvalue weighted by Crippen LogP contribution is -2.37. The molecule has 0 heterocycles. The van der Waals surface area contributed by atoms with Crippen molar-refractivity contribution >= 4 is 24.7 Å². The Labute approximate surface area is 203 Å². The van der Waals surface area contributed by atoms with Gasteiger partial charge in [-0.3, -0.25) is 14.2 Å². The summed E-state index contributed by atoms with van der Waals surface area (Å²) < 4.78 is 27.0. The lowest BCUT2D eigenvalue weighted by Gasteiger charge is -2.50. The van der Waals surface area contributed by atoms with E-state index in [2.05, 4.69) is 27.7 Å². The van der Waals surface area contributed by atoms with Gasteiger partial charge in [0, 0.05) is 6.16 Å². The number of halogens is 1. The summed E-state index contributed by atoms with van der Waals surface area (Å²) in [7, 11) is -3.84. The van der Waals surface area contributed by atoms with Gasteiger partial charge in [0.05, 0.1) is 6.16 Å². The Bertz CT molecular complexity index is 989. The Morgan fingerprint density at radius 2 is 1.71 bits per heavy atom. The average molecular weight is 495 g/mol. The summed E-state index contributed by atoms with van der Waals surface area (Å²) in [4.78, 5) is 33.3. The third-order valence-electron chi connectivity index (χ3n) is 8.11. The van der Waals surface area contributed by atoms with Crippen molar-refractivity contribution in [1.82, 2.24) is 0 Å². The summed E-state index contributed by atoms with van der Waals surface area (Å²) in [5.41, 5.74) is 3.76. The molecule has 0 saturated carbocycles. The number of hydrogen-bond acceptors (Lipinski definition) is 3. The van der Waals surface area contributed by atoms with Crippen molar-refractivity contribution < 1.29 is 28.5 Å². The number of hydrogen-bond donors (Lipinski definition) is 2. The third kappa shape index (κ3) is 6.46. The molecule has 0 fully saturated rings. The lowest BCUT2D eigenvalue weighted by molar-refractivity contribution is -0.139. The zero-order chi connectivity index (χ0) is 25.7. The van der Waals surface area contributed by atoms with Crippen LogP contribution < -0.4 is 0 Å². The van der Waals surface area contributed by atoms with E-state index in [4.69, 9.17) is 5.11 Å². The maximum absolute atomic E-state index is 14.1. The molecule has 1 atom stereocenters. The predicted molar refractivity (Wildman–Crippen MR) is 135 cm³/mol. The maximum Gasteiger partial charge on any atom is 0.310 e. The molecule has 1 unspecified atom stereocenters. The monoisotopic (exact) mass is 494 g/mol. The molecule has 34 heavy (non-hydrogen) atoms. The van der Waals surface area contributed by atoms with E-state index in [1.54, 1.807) is 6.92 Å². The highest BCUT2D eigenvalue weighted by molar-refractivity contribution is 7.59. The van der Waals surface area contributed by atoms with E-state index in [0.29, 0.717) is 12.0 Å². The molecule has 7 heteroatoms. The highest BCUT2D eigenvalue weighted by atomic mass is 31.2. The van der Waals surface area contributed by atoms with Crippen LogP contribution in [-0.4, -0.2) is 34.1 Å². The molecule has 190 valence electrons. The third-order valence-corrected chi connectivity index (χ3v) is 9.88. The first kappa shape index (κ1) is 28.5. The molecule has 1 aliphatic carbocycles. The van der Waals surface area contributed by atoms with Crippen LogP contribution >= 0.6 is 7.37 Å². The van der Waals surface area contributed by atoms with Gasteiger partial charge in [0.15, 0.2) is 5.78 Å². The number of aliphatic carboxylic acids is 1. The van der Waals surface area contributed by atoms with Crippen LogP contribution in [0.4, 0.5) is 4.39 Å². The Kier molecular flexibility index (Phi) is 9.46. The van der Waals surface area contributed by atoms with E-state index in [-0.39, 0.29) is 22.8 Å². The van der Waals surface area contributed by atoms with E-state index in [9.17, 15) is 23.4 Å². The van der Waals surface area contributed by atoms with Gasteiger partial charge in [-0.15, -0.1) is 0 Å². The van der Waals surface area contributed by atoms with Crippen LogP contribution in [0.5, 0.6) is 0 Å². The lowest BCUT2D eigenvalue weighted by atomic mass is 9.55. The minimum Gasteiger partial charge on any atom is -0.481 e. The van der Waals surface area contributed by atoms with Gasteiger partial charge in [-0.2, -0.15) is 0 Å². The highest BCUT2D eigenvalue weighted by Gasteiger charge is 2.46. The van der Waals surface area contributed by atoms with Gasteiger partial charge in [-0.1, -0.05) is 52.2 Å². The molecule has 1 aromatic rings. The van der Waals surface area contributed by atoms with E-state index in [1.165, 1.54) is 6.07 Å². The van der Waals surface area contributed by atoms with Crippen molar-refractivity contribution in [3.63, 3.8) is 0 Å². The van der Waals surface area contributed by atoms with E-state index in [0.717, 1.165) is 55.2 Å². The van der Waals surface area contributed by atoms with Crippen LogP contribution in [0.15, 0.2) is 23.8 Å². The van der Waals surface area contributed by atoms with E-state index < -0.39 is 31.7 Å². The van der Waals surface area contributed by atoms with Crippen LogP contribution in [-0.2, 0) is 14.2 Å². The summed E-state index contributed by atoms with van der Waals surface area (Å²) in [6.45, 7) is 10.5. The fourth-order valence-corrected chi connectivity index (χ4v) is 7.15. The van der Waals surface area contributed by atoms with Crippen molar-refractivity contribution in [1.29, 1.82) is 0 Å². The normalized spacial score (nSPS) is 19.0. The summed E-state index contributed by atoms with van der Waals surface area (Å²) in [5.74, 6) is -2.27. The van der Waals surface area contributed by atoms with Crippen LogP contribution in [0.2, 0.25) is 0 Å². The number of allylic oxidation sites excluding steroid dienone is 2. The number of carbonyl (C=O) groups is 2. The molecule has 5 nitrogen and oxygen atoms in total. The first-order valence-corrected chi connectivity index (χ1v) is 14.4. The fraction of sp³-hybridized carbons (Fsp3) is 0.630. The van der Waals surface area contributed by atoms with Gasteiger partial charge in [0.2, 0.25) is 7.37 Å². The Morgan fingerprint density at radius 1 is 1.09 bits per heavy atom. The molecule has 0 aliphatic heterocycles. The van der Waals surface area contributed by atoms with Crippen molar-refractivity contribution in [2.45, 2.75) is 86.0 Å². The standard InChI is InChI=1S/C27H40FO5P/c1-6-26(7-2)16-22(20-10-11-24(28)19(5)14-20)23(27(8-3,9-4)18-26)12-13-34(32,33)17-21(29)15-25(30)31/h10-11,14H,6-9,12-13,15-18H2,1-5H3,(H,30,31)(H,32,33). The van der Waals surface area contributed by atoms with Crippen LogP contribution in [0, 0.1) is 23.6 Å².